The normalized spacial score (nSPS) is 18.9. The van der Waals surface area contributed by atoms with E-state index in [9.17, 15) is 0 Å². The summed E-state index contributed by atoms with van der Waals surface area (Å²) in [5.41, 5.74) is 0. The molecule has 0 aromatic rings. The first kappa shape index (κ1) is 21.8. The lowest BCUT2D eigenvalue weighted by Crippen LogP contribution is -2.14. The molecule has 6 nitrogen and oxygen atoms in total. The van der Waals surface area contributed by atoms with Gasteiger partial charge in [-0.15, -0.1) is 0 Å². The van der Waals surface area contributed by atoms with Crippen molar-refractivity contribution in [3.05, 3.63) is 0 Å². The minimum Gasteiger partial charge on any atom is -0.451 e. The van der Waals surface area contributed by atoms with E-state index < -0.39 is 0 Å². The van der Waals surface area contributed by atoms with Gasteiger partial charge >= 0.3 is 12.2 Å². The van der Waals surface area contributed by atoms with Gasteiger partial charge in [-0.25, -0.2) is 9.98 Å². The van der Waals surface area contributed by atoms with E-state index in [1.54, 1.807) is 0 Å². The van der Waals surface area contributed by atoms with E-state index in [2.05, 4.69) is 16.9 Å². The minimum absolute atomic E-state index is 0.381. The van der Waals surface area contributed by atoms with Crippen LogP contribution < -0.4 is 0 Å². The van der Waals surface area contributed by atoms with Gasteiger partial charge in [0.15, 0.2) is 0 Å². The highest BCUT2D eigenvalue weighted by molar-refractivity contribution is 5.68. The average Bonchev–Trinajstić information content (AvgIpc) is 3.45. The van der Waals surface area contributed by atoms with Crippen LogP contribution in [0, 0.1) is 0 Å². The van der Waals surface area contributed by atoms with Gasteiger partial charge in [0.25, 0.3) is 0 Å². The fourth-order valence-electron chi connectivity index (χ4n) is 3.33. The van der Waals surface area contributed by atoms with E-state index in [4.69, 9.17) is 18.9 Å². The Morgan fingerprint density at radius 2 is 1.41 bits per heavy atom. The van der Waals surface area contributed by atoms with Gasteiger partial charge in [-0.05, 0) is 32.1 Å². The van der Waals surface area contributed by atoms with Gasteiger partial charge < -0.3 is 18.9 Å². The molecule has 0 unspecified atom stereocenters. The van der Waals surface area contributed by atoms with Gasteiger partial charge in [0.2, 0.25) is 0 Å². The molecule has 2 aliphatic heterocycles. The number of aliphatic imine (C=N–C) groups is 2. The van der Waals surface area contributed by atoms with Gasteiger partial charge in [-0.2, -0.15) is 0 Å². The lowest BCUT2D eigenvalue weighted by atomic mass is 10.1. The predicted molar refractivity (Wildman–Crippen MR) is 108 cm³/mol. The molecule has 3 aliphatic rings. The third-order valence-electron chi connectivity index (χ3n) is 4.91. The van der Waals surface area contributed by atoms with Crippen LogP contribution in [0.5, 0.6) is 0 Å². The van der Waals surface area contributed by atoms with E-state index in [0.717, 1.165) is 26.1 Å². The molecule has 2 heterocycles. The summed E-state index contributed by atoms with van der Waals surface area (Å²) in [5.74, 6) is 0. The van der Waals surface area contributed by atoms with E-state index in [-0.39, 0.29) is 0 Å². The van der Waals surface area contributed by atoms with Crippen LogP contribution in [0.25, 0.3) is 0 Å². The number of nitrogens with zero attached hydrogens (tertiary/aromatic N) is 2. The lowest BCUT2D eigenvalue weighted by molar-refractivity contribution is 0.127. The van der Waals surface area contributed by atoms with E-state index in [1.807, 2.05) is 0 Å². The molecule has 156 valence electrons. The van der Waals surface area contributed by atoms with Crippen molar-refractivity contribution < 1.29 is 18.9 Å². The molecule has 0 atom stereocenters. The predicted octanol–water partition coefficient (Wildman–Crippen LogP) is 4.86. The Hall–Kier alpha value is -1.46. The number of unbranched alkanes of at least 4 members (excludes halogenated alkanes) is 7. The number of ether oxygens (including phenoxy) is 4. The van der Waals surface area contributed by atoms with Gasteiger partial charge in [-0.3, -0.25) is 0 Å². The molecule has 1 aliphatic carbocycles. The molecular weight excluding hydrogens is 344 g/mol. The SMILES string of the molecule is C1CCC(OC2=NCCO2)C1.CCCCCCCCCCOC1=NCCO1. The third kappa shape index (κ3) is 10.5. The number of hydrogen-bond donors (Lipinski definition) is 0. The maximum absolute atomic E-state index is 5.50. The Labute approximate surface area is 164 Å². The standard InChI is InChI=1S/C13H25NO2.C8H13NO2/c1-2-3-4-5-6-7-8-9-11-15-13-14-10-12-16-13;1-2-4-7(3-1)11-8-9-5-6-10-8/h2-12H2,1H3;7H,1-6H2. The second kappa shape index (κ2) is 14.6. The smallest absolute Gasteiger partial charge is 0.383 e. The van der Waals surface area contributed by atoms with Crippen LogP contribution in [0.1, 0.15) is 84.0 Å². The van der Waals surface area contributed by atoms with Crippen LogP contribution in [0.4, 0.5) is 0 Å². The van der Waals surface area contributed by atoms with E-state index in [0.29, 0.717) is 31.5 Å². The van der Waals surface area contributed by atoms with Gasteiger partial charge in [0, 0.05) is 0 Å². The molecule has 0 aromatic carbocycles. The highest BCUT2D eigenvalue weighted by atomic mass is 16.7. The molecule has 0 radical (unpaired) electrons. The summed E-state index contributed by atoms with van der Waals surface area (Å²) < 4.78 is 21.2. The first-order valence-electron chi connectivity index (χ1n) is 11.0. The molecule has 0 saturated heterocycles. The van der Waals surface area contributed by atoms with Crippen molar-refractivity contribution in [3.63, 3.8) is 0 Å². The summed E-state index contributed by atoms with van der Waals surface area (Å²) >= 11 is 0. The fraction of sp³-hybridized carbons (Fsp3) is 0.905. The molecule has 0 amide bonds. The molecule has 0 aromatic heterocycles. The summed E-state index contributed by atoms with van der Waals surface area (Å²) in [5, 5.41) is 0. The Kier molecular flexibility index (Phi) is 11.8. The van der Waals surface area contributed by atoms with Gasteiger partial charge in [-0.1, -0.05) is 51.9 Å². The minimum atomic E-state index is 0.381. The largest absolute Gasteiger partial charge is 0.451 e. The Morgan fingerprint density at radius 1 is 0.815 bits per heavy atom. The second-order valence-corrected chi connectivity index (χ2v) is 7.34. The zero-order valence-electron chi connectivity index (χ0n) is 17.1. The third-order valence-corrected chi connectivity index (χ3v) is 4.91. The molecule has 0 bridgehead atoms. The molecule has 3 rings (SSSR count). The Morgan fingerprint density at radius 3 is 2.00 bits per heavy atom. The first-order valence-corrected chi connectivity index (χ1v) is 11.0. The van der Waals surface area contributed by atoms with Crippen molar-refractivity contribution >= 4 is 12.2 Å². The highest BCUT2D eigenvalue weighted by Gasteiger charge is 2.20. The number of hydrogen-bond acceptors (Lipinski definition) is 6. The summed E-state index contributed by atoms with van der Waals surface area (Å²) in [7, 11) is 0. The monoisotopic (exact) mass is 382 g/mol. The maximum Gasteiger partial charge on any atom is 0.383 e. The van der Waals surface area contributed by atoms with Gasteiger partial charge in [0.1, 0.15) is 19.3 Å². The second-order valence-electron chi connectivity index (χ2n) is 7.34. The summed E-state index contributed by atoms with van der Waals surface area (Å²) in [4.78, 5) is 8.15. The Bertz CT molecular complexity index is 434. The van der Waals surface area contributed by atoms with Crippen LogP contribution in [0.15, 0.2) is 9.98 Å². The molecule has 0 spiro atoms. The van der Waals surface area contributed by atoms with Crippen molar-refractivity contribution in [2.75, 3.05) is 32.9 Å². The topological polar surface area (TPSA) is 61.6 Å². The Balaban J connectivity index is 0.000000206. The first-order chi connectivity index (χ1) is 13.4. The average molecular weight is 383 g/mol. The molecule has 27 heavy (non-hydrogen) atoms. The van der Waals surface area contributed by atoms with Crippen LogP contribution in [-0.2, 0) is 18.9 Å². The lowest BCUT2D eigenvalue weighted by Gasteiger charge is -2.10. The van der Waals surface area contributed by atoms with Crippen molar-refractivity contribution in [2.24, 2.45) is 9.98 Å². The zero-order chi connectivity index (χ0) is 19.0. The summed E-state index contributed by atoms with van der Waals surface area (Å²) in [6.45, 7) is 5.92. The molecule has 1 saturated carbocycles. The molecule has 0 N–H and O–H groups in total. The van der Waals surface area contributed by atoms with Crippen molar-refractivity contribution in [3.8, 4) is 0 Å². The molecular formula is C21H38N2O4. The number of rotatable bonds is 10. The zero-order valence-corrected chi connectivity index (χ0v) is 17.1. The summed E-state index contributed by atoms with van der Waals surface area (Å²) in [6, 6.07) is 0. The summed E-state index contributed by atoms with van der Waals surface area (Å²) in [6.07, 6.45) is 16.9. The van der Waals surface area contributed by atoms with Crippen molar-refractivity contribution in [1.82, 2.24) is 0 Å². The van der Waals surface area contributed by atoms with E-state index in [1.165, 1.54) is 70.6 Å². The molecule has 6 heteroatoms. The van der Waals surface area contributed by atoms with Crippen LogP contribution in [0.2, 0.25) is 0 Å². The molecule has 1 fully saturated rings. The van der Waals surface area contributed by atoms with E-state index >= 15 is 0 Å². The van der Waals surface area contributed by atoms with Crippen LogP contribution >= 0.6 is 0 Å². The van der Waals surface area contributed by atoms with Crippen LogP contribution in [-0.4, -0.2) is 51.2 Å². The maximum atomic E-state index is 5.50. The van der Waals surface area contributed by atoms with Gasteiger partial charge in [0.05, 0.1) is 19.7 Å². The highest BCUT2D eigenvalue weighted by Crippen LogP contribution is 2.21. The van der Waals surface area contributed by atoms with Crippen molar-refractivity contribution in [1.29, 1.82) is 0 Å². The quantitative estimate of drug-likeness (QED) is 0.506. The van der Waals surface area contributed by atoms with Crippen molar-refractivity contribution in [2.45, 2.75) is 90.1 Å². The fourth-order valence-corrected chi connectivity index (χ4v) is 3.33. The van der Waals surface area contributed by atoms with Crippen LogP contribution in [0.3, 0.4) is 0 Å².